The Morgan fingerprint density at radius 1 is 1.03 bits per heavy atom. The number of fused-ring (bicyclic) bond motifs is 1. The zero-order valence-corrected chi connectivity index (χ0v) is 19.1. The zero-order valence-electron chi connectivity index (χ0n) is 17.6. The number of hydrogen-bond donors (Lipinski definition) is 1. The molecule has 2 atom stereocenters. The van der Waals surface area contributed by atoms with Crippen LogP contribution < -0.4 is 4.74 Å². The smallest absolute Gasteiger partial charge is 0.422 e. The van der Waals surface area contributed by atoms with Crippen LogP contribution in [0.15, 0.2) is 66.9 Å². The first-order valence-corrected chi connectivity index (χ1v) is 10.7. The number of hydrogen-bond acceptors (Lipinski definition) is 3. The maximum absolute atomic E-state index is 14.3. The van der Waals surface area contributed by atoms with Crippen molar-refractivity contribution < 1.29 is 23.0 Å². The van der Waals surface area contributed by atoms with E-state index in [-0.39, 0.29) is 21.2 Å². The minimum absolute atomic E-state index is 0.0459. The van der Waals surface area contributed by atoms with Gasteiger partial charge in [0.15, 0.2) is 5.60 Å². The maximum Gasteiger partial charge on any atom is 0.422 e. The molecule has 0 saturated carbocycles. The quantitative estimate of drug-likeness (QED) is 0.328. The molecule has 4 aromatic rings. The first-order chi connectivity index (χ1) is 15.6. The van der Waals surface area contributed by atoms with Crippen molar-refractivity contribution in [2.45, 2.75) is 24.6 Å². The largest absolute Gasteiger partial charge is 0.497 e. The summed E-state index contributed by atoms with van der Waals surface area (Å²) in [6.07, 6.45) is -3.53. The minimum atomic E-state index is -4.98. The third kappa shape index (κ3) is 4.05. The lowest BCUT2D eigenvalue weighted by molar-refractivity contribution is -0.274. The highest BCUT2D eigenvalue weighted by atomic mass is 35.5. The van der Waals surface area contributed by atoms with Crippen molar-refractivity contribution in [1.82, 2.24) is 9.78 Å². The predicted molar refractivity (Wildman–Crippen MR) is 122 cm³/mol. The van der Waals surface area contributed by atoms with E-state index in [1.54, 1.807) is 36.1 Å². The van der Waals surface area contributed by atoms with Crippen LogP contribution in [0.1, 0.15) is 24.0 Å². The van der Waals surface area contributed by atoms with Crippen LogP contribution in [0.3, 0.4) is 0 Å². The van der Waals surface area contributed by atoms with Gasteiger partial charge in [-0.1, -0.05) is 48.3 Å². The molecule has 0 aliphatic rings. The van der Waals surface area contributed by atoms with E-state index >= 15 is 0 Å². The summed E-state index contributed by atoms with van der Waals surface area (Å²) in [7, 11) is 1.54. The van der Waals surface area contributed by atoms with Crippen LogP contribution in [0.25, 0.3) is 16.6 Å². The Kier molecular flexibility index (Phi) is 6.07. The molecule has 0 spiro atoms. The molecule has 3 aromatic carbocycles. The molecular weight excluding hydrogens is 476 g/mol. The van der Waals surface area contributed by atoms with Crippen LogP contribution >= 0.6 is 23.2 Å². The van der Waals surface area contributed by atoms with Crippen molar-refractivity contribution in [1.29, 1.82) is 0 Å². The molecule has 4 nitrogen and oxygen atoms in total. The number of methoxy groups -OCH3 is 1. The third-order valence-corrected chi connectivity index (χ3v) is 6.36. The van der Waals surface area contributed by atoms with Crippen LogP contribution in [0, 0.1) is 0 Å². The van der Waals surface area contributed by atoms with Gasteiger partial charge in [-0.15, -0.1) is 0 Å². The molecule has 33 heavy (non-hydrogen) atoms. The normalized spacial score (nSPS) is 14.8. The molecule has 0 amide bonds. The summed E-state index contributed by atoms with van der Waals surface area (Å²) in [5, 5.41) is 16.2. The molecule has 0 saturated heterocycles. The summed E-state index contributed by atoms with van der Waals surface area (Å²) in [5.41, 5.74) is -2.12. The summed E-state index contributed by atoms with van der Waals surface area (Å²) < 4.78 is 49.8. The Morgan fingerprint density at radius 3 is 2.45 bits per heavy atom. The number of aromatic nitrogens is 2. The average Bonchev–Trinajstić information content (AvgIpc) is 3.20. The fraction of sp³-hybridized carbons (Fsp3) is 0.208. The molecule has 9 heteroatoms. The van der Waals surface area contributed by atoms with Gasteiger partial charge in [0.25, 0.3) is 0 Å². The van der Waals surface area contributed by atoms with Crippen LogP contribution in [-0.2, 0) is 5.60 Å². The Labute approximate surface area is 198 Å². The van der Waals surface area contributed by atoms with Gasteiger partial charge >= 0.3 is 6.18 Å². The van der Waals surface area contributed by atoms with Crippen LogP contribution in [0.2, 0.25) is 10.0 Å². The van der Waals surface area contributed by atoms with E-state index in [1.807, 2.05) is 0 Å². The van der Waals surface area contributed by atoms with Gasteiger partial charge in [0.05, 0.1) is 24.5 Å². The highest BCUT2D eigenvalue weighted by molar-refractivity contribution is 6.35. The van der Waals surface area contributed by atoms with Crippen molar-refractivity contribution in [2.24, 2.45) is 0 Å². The van der Waals surface area contributed by atoms with Gasteiger partial charge in [-0.25, -0.2) is 4.68 Å². The van der Waals surface area contributed by atoms with Gasteiger partial charge in [-0.3, -0.25) is 0 Å². The van der Waals surface area contributed by atoms with E-state index in [2.05, 4.69) is 5.10 Å². The molecule has 4 rings (SSSR count). The van der Waals surface area contributed by atoms with Crippen molar-refractivity contribution in [3.8, 4) is 11.4 Å². The van der Waals surface area contributed by atoms with Crippen molar-refractivity contribution >= 4 is 34.1 Å². The summed E-state index contributed by atoms with van der Waals surface area (Å²) in [6.45, 7) is 1.28. The van der Waals surface area contributed by atoms with E-state index in [0.717, 1.165) is 0 Å². The van der Waals surface area contributed by atoms with Gasteiger partial charge in [0.1, 0.15) is 5.75 Å². The molecular formula is C24H19Cl2F3N2O2. The van der Waals surface area contributed by atoms with E-state index in [0.29, 0.717) is 22.3 Å². The zero-order chi connectivity index (χ0) is 24.0. The van der Waals surface area contributed by atoms with E-state index < -0.39 is 17.7 Å². The SMILES string of the molecule is COc1cccc(-n2ncc3cc(C(O)(C(C)c4ccc(Cl)cc4Cl)C(F)(F)F)ccc32)c1. The fourth-order valence-corrected chi connectivity index (χ4v) is 4.53. The second kappa shape index (κ2) is 8.56. The van der Waals surface area contributed by atoms with Gasteiger partial charge in [-0.2, -0.15) is 18.3 Å². The standard InChI is InChI=1S/C24H19Cl2F3N2O2/c1-14(20-8-7-17(25)11-21(20)26)23(32,24(27,28)29)16-6-9-22-15(10-16)13-30-31(22)18-4-3-5-19(12-18)33-2/h3-14,32H,1-2H3. The topological polar surface area (TPSA) is 47.3 Å². The summed E-state index contributed by atoms with van der Waals surface area (Å²) in [5.74, 6) is -0.791. The second-order valence-corrected chi connectivity index (χ2v) is 8.53. The average molecular weight is 495 g/mol. The minimum Gasteiger partial charge on any atom is -0.497 e. The van der Waals surface area contributed by atoms with Crippen LogP contribution in [-0.4, -0.2) is 28.2 Å². The number of ether oxygens (including phenoxy) is 1. The molecule has 0 bridgehead atoms. The Hall–Kier alpha value is -2.74. The lowest BCUT2D eigenvalue weighted by Gasteiger charge is -2.37. The molecule has 1 aromatic heterocycles. The fourth-order valence-electron chi connectivity index (χ4n) is 3.95. The Morgan fingerprint density at radius 2 is 1.79 bits per heavy atom. The van der Waals surface area contributed by atoms with Crippen molar-refractivity contribution in [3.05, 3.63) is 88.0 Å². The molecule has 1 N–H and O–H groups in total. The van der Waals surface area contributed by atoms with Crippen molar-refractivity contribution in [3.63, 3.8) is 0 Å². The summed E-state index contributed by atoms with van der Waals surface area (Å²) >= 11 is 12.1. The number of alkyl halides is 3. The van der Waals surface area contributed by atoms with Gasteiger partial charge in [-0.05, 0) is 47.5 Å². The molecule has 2 unspecified atom stereocenters. The monoisotopic (exact) mass is 494 g/mol. The van der Waals surface area contributed by atoms with Gasteiger partial charge < -0.3 is 9.84 Å². The van der Waals surface area contributed by atoms with Crippen LogP contribution in [0.5, 0.6) is 5.75 Å². The molecule has 1 heterocycles. The molecule has 0 aliphatic heterocycles. The van der Waals surface area contributed by atoms with E-state index in [1.165, 1.54) is 49.5 Å². The Bertz CT molecular complexity index is 1320. The third-order valence-electron chi connectivity index (χ3n) is 5.79. The first kappa shape index (κ1) is 23.4. The molecule has 172 valence electrons. The van der Waals surface area contributed by atoms with E-state index in [9.17, 15) is 18.3 Å². The number of rotatable bonds is 5. The number of nitrogens with zero attached hydrogens (tertiary/aromatic N) is 2. The Balaban J connectivity index is 1.83. The predicted octanol–water partition coefficient (Wildman–Crippen LogP) is 6.89. The lowest BCUT2D eigenvalue weighted by atomic mass is 9.77. The summed E-state index contributed by atoms with van der Waals surface area (Å²) in [4.78, 5) is 0. The van der Waals surface area contributed by atoms with Gasteiger partial charge in [0, 0.05) is 27.4 Å². The molecule has 0 aliphatic carbocycles. The summed E-state index contributed by atoms with van der Waals surface area (Å²) in [6, 6.07) is 15.4. The second-order valence-electron chi connectivity index (χ2n) is 7.68. The number of halogens is 5. The first-order valence-electron chi connectivity index (χ1n) is 9.93. The van der Waals surface area contributed by atoms with E-state index in [4.69, 9.17) is 27.9 Å². The molecule has 0 radical (unpaired) electrons. The number of aliphatic hydroxyl groups is 1. The number of benzene rings is 3. The van der Waals surface area contributed by atoms with Crippen molar-refractivity contribution in [2.75, 3.05) is 7.11 Å². The lowest BCUT2D eigenvalue weighted by Crippen LogP contribution is -2.46. The highest BCUT2D eigenvalue weighted by Gasteiger charge is 2.59. The van der Waals surface area contributed by atoms with Crippen LogP contribution in [0.4, 0.5) is 13.2 Å². The highest BCUT2D eigenvalue weighted by Crippen LogP contribution is 2.50. The molecule has 0 fully saturated rings. The van der Waals surface area contributed by atoms with Gasteiger partial charge in [0.2, 0.25) is 0 Å². The maximum atomic E-state index is 14.3.